The summed E-state index contributed by atoms with van der Waals surface area (Å²) in [6.45, 7) is 3.86. The van der Waals surface area contributed by atoms with E-state index in [0.717, 1.165) is 37.2 Å². The third-order valence-corrected chi connectivity index (χ3v) is 5.23. The van der Waals surface area contributed by atoms with Crippen LogP contribution in [0.2, 0.25) is 0 Å². The summed E-state index contributed by atoms with van der Waals surface area (Å²) in [7, 11) is 1.58. The third-order valence-electron chi connectivity index (χ3n) is 5.23. The van der Waals surface area contributed by atoms with Crippen LogP contribution < -0.4 is 14.5 Å². The summed E-state index contributed by atoms with van der Waals surface area (Å²) < 4.78 is 45.0. The van der Waals surface area contributed by atoms with Gasteiger partial charge in [-0.15, -0.1) is 0 Å². The number of nitriles is 1. The first kappa shape index (κ1) is 20.8. The monoisotopic (exact) mass is 404 g/mol. The van der Waals surface area contributed by atoms with Crippen LogP contribution in [0.3, 0.4) is 0 Å². The quantitative estimate of drug-likeness (QED) is 0.736. The van der Waals surface area contributed by atoms with E-state index in [9.17, 15) is 18.4 Å². The van der Waals surface area contributed by atoms with E-state index in [0.29, 0.717) is 24.5 Å². The first-order valence-corrected chi connectivity index (χ1v) is 9.49. The molecule has 1 aromatic carbocycles. The number of nitrogens with zero attached hydrogens (tertiary/aromatic N) is 4. The molecule has 0 aliphatic carbocycles. The number of rotatable bonds is 5. The van der Waals surface area contributed by atoms with Crippen molar-refractivity contribution in [2.45, 2.75) is 32.0 Å². The predicted molar refractivity (Wildman–Crippen MR) is 105 cm³/mol. The number of benzene rings is 1. The van der Waals surface area contributed by atoms with Crippen LogP contribution in [-0.2, 0) is 6.18 Å². The van der Waals surface area contributed by atoms with Gasteiger partial charge < -0.3 is 14.5 Å². The lowest BCUT2D eigenvalue weighted by Crippen LogP contribution is -2.48. The molecule has 1 aliphatic rings. The van der Waals surface area contributed by atoms with Gasteiger partial charge in [0.2, 0.25) is 0 Å². The van der Waals surface area contributed by atoms with E-state index in [4.69, 9.17) is 4.74 Å². The molecule has 1 aromatic heterocycles. The first-order chi connectivity index (χ1) is 13.9. The van der Waals surface area contributed by atoms with Crippen molar-refractivity contribution in [3.8, 4) is 11.8 Å². The maximum absolute atomic E-state index is 13.2. The Kier molecular flexibility index (Phi) is 6.16. The summed E-state index contributed by atoms with van der Waals surface area (Å²) in [5, 5.41) is 9.45. The van der Waals surface area contributed by atoms with Crippen molar-refractivity contribution in [3.05, 3.63) is 47.8 Å². The zero-order valence-corrected chi connectivity index (χ0v) is 16.4. The number of halogens is 3. The molecule has 0 N–H and O–H groups in total. The van der Waals surface area contributed by atoms with Crippen molar-refractivity contribution >= 4 is 11.4 Å². The number of pyridine rings is 1. The summed E-state index contributed by atoms with van der Waals surface area (Å²) >= 11 is 0. The Morgan fingerprint density at radius 2 is 2.10 bits per heavy atom. The van der Waals surface area contributed by atoms with Crippen molar-refractivity contribution in [2.75, 3.05) is 36.5 Å². The van der Waals surface area contributed by atoms with E-state index < -0.39 is 11.7 Å². The van der Waals surface area contributed by atoms with Gasteiger partial charge in [0.15, 0.2) is 0 Å². The Labute approximate surface area is 168 Å². The average molecular weight is 404 g/mol. The summed E-state index contributed by atoms with van der Waals surface area (Å²) in [5.74, 6) is 0.654. The molecule has 29 heavy (non-hydrogen) atoms. The van der Waals surface area contributed by atoms with E-state index >= 15 is 0 Å². The van der Waals surface area contributed by atoms with Crippen LogP contribution in [0.15, 0.2) is 36.7 Å². The minimum atomic E-state index is -4.45. The fraction of sp³-hybridized carbons (Fsp3) is 0.429. The van der Waals surface area contributed by atoms with Crippen LogP contribution in [0.5, 0.6) is 5.75 Å². The second kappa shape index (κ2) is 8.60. The van der Waals surface area contributed by atoms with E-state index in [-0.39, 0.29) is 11.6 Å². The number of alkyl halides is 3. The van der Waals surface area contributed by atoms with Crippen LogP contribution in [0, 0.1) is 11.3 Å². The Morgan fingerprint density at radius 3 is 2.76 bits per heavy atom. The minimum absolute atomic E-state index is 0.0180. The van der Waals surface area contributed by atoms with Gasteiger partial charge in [-0.3, -0.25) is 4.98 Å². The molecular weight excluding hydrogens is 381 g/mol. The highest BCUT2D eigenvalue weighted by atomic mass is 19.4. The molecule has 2 heterocycles. The topological polar surface area (TPSA) is 52.4 Å². The van der Waals surface area contributed by atoms with Crippen LogP contribution >= 0.6 is 0 Å². The van der Waals surface area contributed by atoms with Crippen molar-refractivity contribution < 1.29 is 17.9 Å². The maximum atomic E-state index is 13.2. The van der Waals surface area contributed by atoms with Crippen LogP contribution in [0.1, 0.15) is 30.9 Å². The summed E-state index contributed by atoms with van der Waals surface area (Å²) in [6.07, 6.45) is 0.659. The molecule has 8 heteroatoms. The molecule has 0 bridgehead atoms. The molecule has 1 fully saturated rings. The third kappa shape index (κ3) is 4.56. The average Bonchev–Trinajstić information content (AvgIpc) is 2.74. The number of piperidine rings is 1. The van der Waals surface area contributed by atoms with Gasteiger partial charge in [-0.2, -0.15) is 18.4 Å². The highest BCUT2D eigenvalue weighted by molar-refractivity contribution is 5.62. The molecule has 3 rings (SSSR count). The Morgan fingerprint density at radius 1 is 1.31 bits per heavy atom. The summed E-state index contributed by atoms with van der Waals surface area (Å²) in [4.78, 5) is 8.27. The smallest absolute Gasteiger partial charge is 0.416 e. The normalized spacial score (nSPS) is 17.0. The lowest BCUT2D eigenvalue weighted by Gasteiger charge is -2.41. The number of ether oxygens (including phenoxy) is 1. The van der Waals surface area contributed by atoms with Gasteiger partial charge in [-0.25, -0.2) is 0 Å². The van der Waals surface area contributed by atoms with Crippen LogP contribution in [0.4, 0.5) is 24.5 Å². The van der Waals surface area contributed by atoms with E-state index in [1.165, 1.54) is 6.07 Å². The molecule has 1 atom stereocenters. The largest absolute Gasteiger partial charge is 0.495 e. The molecule has 5 nitrogen and oxygen atoms in total. The highest BCUT2D eigenvalue weighted by Gasteiger charge is 2.33. The Bertz CT molecular complexity index is 894. The SMILES string of the molecule is CCN(c1cc(C(F)(F)F)ccc1C#N)C1CCCN(c2cncc(OC)c2)C1. The van der Waals surface area contributed by atoms with Gasteiger partial charge in [-0.05, 0) is 38.0 Å². The van der Waals surface area contributed by atoms with Crippen molar-refractivity contribution in [3.63, 3.8) is 0 Å². The molecular formula is C21H23F3N4O. The fourth-order valence-electron chi connectivity index (χ4n) is 3.80. The summed E-state index contributed by atoms with van der Waals surface area (Å²) in [5.41, 5.74) is 0.754. The molecule has 0 saturated carbocycles. The van der Waals surface area contributed by atoms with Gasteiger partial charge in [0.25, 0.3) is 0 Å². The van der Waals surface area contributed by atoms with Crippen LogP contribution in [-0.4, -0.2) is 37.8 Å². The zero-order chi connectivity index (χ0) is 21.0. The van der Waals surface area contributed by atoms with E-state index in [1.807, 2.05) is 24.0 Å². The van der Waals surface area contributed by atoms with Crippen molar-refractivity contribution in [2.24, 2.45) is 0 Å². The Hall–Kier alpha value is -2.95. The van der Waals surface area contributed by atoms with Gasteiger partial charge in [0, 0.05) is 31.7 Å². The van der Waals surface area contributed by atoms with Crippen molar-refractivity contribution in [1.82, 2.24) is 4.98 Å². The molecule has 2 aromatic rings. The zero-order valence-electron chi connectivity index (χ0n) is 16.4. The number of hydrogen-bond donors (Lipinski definition) is 0. The number of anilines is 2. The summed E-state index contributed by atoms with van der Waals surface area (Å²) in [6, 6.07) is 7.23. The van der Waals surface area contributed by atoms with Gasteiger partial charge in [-0.1, -0.05) is 0 Å². The molecule has 154 valence electrons. The molecule has 1 aliphatic heterocycles. The van der Waals surface area contributed by atoms with E-state index in [1.54, 1.807) is 19.5 Å². The molecule has 0 amide bonds. The number of methoxy groups -OCH3 is 1. The standard InChI is InChI=1S/C21H23F3N4O/c1-3-28(20-9-16(21(22,23)24)7-6-15(20)11-25)17-5-4-8-27(14-17)18-10-19(29-2)13-26-12-18/h6-7,9-10,12-13,17H,3-5,8,14H2,1-2H3. The highest BCUT2D eigenvalue weighted by Crippen LogP contribution is 2.35. The van der Waals surface area contributed by atoms with Gasteiger partial charge >= 0.3 is 6.18 Å². The Balaban J connectivity index is 1.90. The lowest BCUT2D eigenvalue weighted by molar-refractivity contribution is -0.137. The first-order valence-electron chi connectivity index (χ1n) is 9.49. The maximum Gasteiger partial charge on any atom is 0.416 e. The van der Waals surface area contributed by atoms with Gasteiger partial charge in [0.1, 0.15) is 11.8 Å². The minimum Gasteiger partial charge on any atom is -0.495 e. The number of aromatic nitrogens is 1. The van der Waals surface area contributed by atoms with Crippen LogP contribution in [0.25, 0.3) is 0 Å². The van der Waals surface area contributed by atoms with Gasteiger partial charge in [0.05, 0.1) is 42.0 Å². The molecule has 1 unspecified atom stereocenters. The second-order valence-corrected chi connectivity index (χ2v) is 6.95. The fourth-order valence-corrected chi connectivity index (χ4v) is 3.80. The number of hydrogen-bond acceptors (Lipinski definition) is 5. The van der Waals surface area contributed by atoms with E-state index in [2.05, 4.69) is 9.88 Å². The lowest BCUT2D eigenvalue weighted by atomic mass is 10.0. The predicted octanol–water partition coefficient (Wildman–Crippen LogP) is 4.48. The molecule has 1 saturated heterocycles. The van der Waals surface area contributed by atoms with Crippen molar-refractivity contribution in [1.29, 1.82) is 5.26 Å². The molecule has 0 spiro atoms. The second-order valence-electron chi connectivity index (χ2n) is 6.95. The number of likely N-dealkylation sites (N-methyl/N-ethyl adjacent to an activating group) is 1. The molecule has 0 radical (unpaired) electrons.